The summed E-state index contributed by atoms with van der Waals surface area (Å²) in [5, 5.41) is 27.0. The Morgan fingerprint density at radius 1 is 1.48 bits per heavy atom. The Kier molecular flexibility index (Phi) is 4.66. The van der Waals surface area contributed by atoms with Crippen molar-refractivity contribution >= 4 is 23.1 Å². The van der Waals surface area contributed by atoms with Crippen LogP contribution in [0.2, 0.25) is 5.02 Å². The van der Waals surface area contributed by atoms with E-state index in [1.807, 2.05) is 6.07 Å². The first-order valence-electron chi connectivity index (χ1n) is 8.76. The molecule has 1 aliphatic carbocycles. The van der Waals surface area contributed by atoms with Crippen LogP contribution in [0.5, 0.6) is 0 Å². The van der Waals surface area contributed by atoms with Crippen molar-refractivity contribution < 1.29 is 18.6 Å². The maximum absolute atomic E-state index is 13.9. The van der Waals surface area contributed by atoms with Gasteiger partial charge in [-0.25, -0.2) is 18.3 Å². The van der Waals surface area contributed by atoms with Crippen LogP contribution in [-0.4, -0.2) is 51.5 Å². The van der Waals surface area contributed by atoms with Crippen molar-refractivity contribution in [3.63, 3.8) is 0 Å². The number of hydrogen-bond acceptors (Lipinski definition) is 6. The standard InChI is InChI=1S/C17H18ClF2N5O2/c18-13-9(6-21)14(17(15(19)20)3-1-4-17)25-11(13)7-22-16(24-25)23-10-2-5-27-8-12(10)26/h7,10,12,15,26H,1-5,8H2,(H,23,24)/t10-,12-/m1/s1. The van der Waals surface area contributed by atoms with Gasteiger partial charge in [-0.15, -0.1) is 5.10 Å². The summed E-state index contributed by atoms with van der Waals surface area (Å²) in [7, 11) is 0. The quantitative estimate of drug-likeness (QED) is 0.823. The van der Waals surface area contributed by atoms with Gasteiger partial charge in [-0.05, 0) is 19.3 Å². The number of anilines is 1. The van der Waals surface area contributed by atoms with Crippen LogP contribution in [0.15, 0.2) is 6.20 Å². The zero-order valence-electron chi connectivity index (χ0n) is 14.3. The maximum atomic E-state index is 13.9. The van der Waals surface area contributed by atoms with E-state index in [2.05, 4.69) is 15.4 Å². The molecule has 1 saturated heterocycles. The van der Waals surface area contributed by atoms with Crippen LogP contribution in [0.3, 0.4) is 0 Å². The third-order valence-electron chi connectivity index (χ3n) is 5.51. The number of halogens is 3. The molecule has 144 valence electrons. The van der Waals surface area contributed by atoms with Crippen LogP contribution in [0.4, 0.5) is 14.7 Å². The number of nitriles is 1. The van der Waals surface area contributed by atoms with E-state index in [1.54, 1.807) is 0 Å². The molecule has 2 aliphatic rings. The molecular weight excluding hydrogens is 380 g/mol. The van der Waals surface area contributed by atoms with Gasteiger partial charge in [-0.2, -0.15) is 5.26 Å². The predicted molar refractivity (Wildman–Crippen MR) is 93.1 cm³/mol. The summed E-state index contributed by atoms with van der Waals surface area (Å²) in [5.74, 6) is 0.176. The van der Waals surface area contributed by atoms with E-state index in [0.717, 1.165) is 0 Å². The molecule has 1 saturated carbocycles. The van der Waals surface area contributed by atoms with Gasteiger partial charge in [0.2, 0.25) is 12.4 Å². The summed E-state index contributed by atoms with van der Waals surface area (Å²) < 4.78 is 34.4. The smallest absolute Gasteiger partial charge is 0.249 e. The molecule has 2 atom stereocenters. The summed E-state index contributed by atoms with van der Waals surface area (Å²) >= 11 is 6.28. The fraction of sp³-hybridized carbons (Fsp3) is 0.588. The fourth-order valence-electron chi connectivity index (χ4n) is 3.81. The fourth-order valence-corrected chi connectivity index (χ4v) is 4.07. The van der Waals surface area contributed by atoms with Crippen molar-refractivity contribution in [2.24, 2.45) is 0 Å². The summed E-state index contributed by atoms with van der Waals surface area (Å²) in [4.78, 5) is 4.18. The number of ether oxygens (including phenoxy) is 1. The van der Waals surface area contributed by atoms with E-state index in [1.165, 1.54) is 10.7 Å². The number of rotatable bonds is 4. The largest absolute Gasteiger partial charge is 0.389 e. The lowest BCUT2D eigenvalue weighted by atomic mass is 9.66. The topological polar surface area (TPSA) is 95.5 Å². The average molecular weight is 398 g/mol. The lowest BCUT2D eigenvalue weighted by Gasteiger charge is -2.40. The molecule has 4 rings (SSSR count). The van der Waals surface area contributed by atoms with Gasteiger partial charge in [-0.3, -0.25) is 0 Å². The van der Waals surface area contributed by atoms with Crippen molar-refractivity contribution in [2.45, 2.75) is 49.7 Å². The monoisotopic (exact) mass is 397 g/mol. The van der Waals surface area contributed by atoms with Gasteiger partial charge in [0.1, 0.15) is 11.6 Å². The van der Waals surface area contributed by atoms with Gasteiger partial charge in [0, 0.05) is 6.61 Å². The molecule has 0 spiro atoms. The van der Waals surface area contributed by atoms with Crippen molar-refractivity contribution in [1.82, 2.24) is 14.6 Å². The van der Waals surface area contributed by atoms with Gasteiger partial charge >= 0.3 is 0 Å². The molecule has 2 N–H and O–H groups in total. The minimum atomic E-state index is -2.63. The van der Waals surface area contributed by atoms with E-state index in [9.17, 15) is 19.1 Å². The molecule has 0 aromatic carbocycles. The molecule has 10 heteroatoms. The van der Waals surface area contributed by atoms with Gasteiger partial charge in [0.25, 0.3) is 0 Å². The zero-order valence-corrected chi connectivity index (χ0v) is 15.1. The lowest BCUT2D eigenvalue weighted by Crippen LogP contribution is -2.43. The molecule has 7 nitrogen and oxygen atoms in total. The number of hydrogen-bond donors (Lipinski definition) is 2. The Labute approximate surface area is 158 Å². The molecule has 2 aromatic heterocycles. The highest BCUT2D eigenvalue weighted by atomic mass is 35.5. The van der Waals surface area contributed by atoms with Crippen LogP contribution in [-0.2, 0) is 10.2 Å². The summed E-state index contributed by atoms with van der Waals surface area (Å²) in [5.41, 5.74) is -0.947. The van der Waals surface area contributed by atoms with Crippen LogP contribution in [0.25, 0.3) is 5.52 Å². The second-order valence-corrected chi connectivity index (χ2v) is 7.40. The Balaban J connectivity index is 1.81. The first-order valence-corrected chi connectivity index (χ1v) is 9.14. The van der Waals surface area contributed by atoms with Crippen LogP contribution in [0, 0.1) is 11.3 Å². The molecule has 3 heterocycles. The van der Waals surface area contributed by atoms with Crippen molar-refractivity contribution in [3.05, 3.63) is 22.5 Å². The maximum Gasteiger partial charge on any atom is 0.249 e. The predicted octanol–water partition coefficient (Wildman–Crippen LogP) is 2.50. The Morgan fingerprint density at radius 2 is 2.26 bits per heavy atom. The number of alkyl halides is 2. The molecule has 0 radical (unpaired) electrons. The third kappa shape index (κ3) is 2.83. The first-order chi connectivity index (χ1) is 13.0. The lowest BCUT2D eigenvalue weighted by molar-refractivity contribution is -0.0136. The second kappa shape index (κ2) is 6.86. The van der Waals surface area contributed by atoms with E-state index in [0.29, 0.717) is 25.0 Å². The highest BCUT2D eigenvalue weighted by Crippen LogP contribution is 2.51. The van der Waals surface area contributed by atoms with Crippen LogP contribution in [0.1, 0.15) is 36.9 Å². The SMILES string of the molecule is N#Cc1c(Cl)c2cnc(N[C@@H]3CCOC[C@H]3O)nn2c1C1(C(F)F)CCC1. The summed E-state index contributed by atoms with van der Waals surface area (Å²) in [6.07, 6.45) is -0.182. The third-order valence-corrected chi connectivity index (χ3v) is 5.90. The van der Waals surface area contributed by atoms with Gasteiger partial charge in [0.05, 0.1) is 46.6 Å². The van der Waals surface area contributed by atoms with E-state index in [4.69, 9.17) is 16.3 Å². The first kappa shape index (κ1) is 18.3. The van der Waals surface area contributed by atoms with Crippen LogP contribution >= 0.6 is 11.6 Å². The van der Waals surface area contributed by atoms with E-state index < -0.39 is 17.9 Å². The van der Waals surface area contributed by atoms with Crippen molar-refractivity contribution in [1.29, 1.82) is 5.26 Å². The summed E-state index contributed by atoms with van der Waals surface area (Å²) in [6, 6.07) is 1.65. The minimum Gasteiger partial charge on any atom is -0.389 e. The molecule has 2 aromatic rings. The number of fused-ring (bicyclic) bond motifs is 1. The van der Waals surface area contributed by atoms with Crippen LogP contribution < -0.4 is 5.32 Å². The molecule has 0 unspecified atom stereocenters. The summed E-state index contributed by atoms with van der Waals surface area (Å²) in [6.45, 7) is 0.693. The highest BCUT2D eigenvalue weighted by molar-refractivity contribution is 6.35. The molecular formula is C17H18ClF2N5O2. The van der Waals surface area contributed by atoms with Crippen molar-refractivity contribution in [3.8, 4) is 6.07 Å². The average Bonchev–Trinajstić information content (AvgIpc) is 2.88. The number of nitrogens with one attached hydrogen (secondary N) is 1. The number of aliphatic hydroxyl groups is 1. The van der Waals surface area contributed by atoms with Gasteiger partial charge < -0.3 is 15.2 Å². The van der Waals surface area contributed by atoms with Gasteiger partial charge in [-0.1, -0.05) is 18.0 Å². The Morgan fingerprint density at radius 3 is 2.85 bits per heavy atom. The van der Waals surface area contributed by atoms with E-state index >= 15 is 0 Å². The molecule has 27 heavy (non-hydrogen) atoms. The number of aromatic nitrogens is 3. The van der Waals surface area contributed by atoms with E-state index in [-0.39, 0.29) is 47.7 Å². The molecule has 2 fully saturated rings. The molecule has 1 aliphatic heterocycles. The molecule has 0 amide bonds. The molecule has 0 bridgehead atoms. The second-order valence-electron chi connectivity index (χ2n) is 7.02. The minimum absolute atomic E-state index is 0.0224. The van der Waals surface area contributed by atoms with Crippen molar-refractivity contribution in [2.75, 3.05) is 18.5 Å². The highest BCUT2D eigenvalue weighted by Gasteiger charge is 2.51. The number of aliphatic hydroxyl groups excluding tert-OH is 1. The van der Waals surface area contributed by atoms with Gasteiger partial charge in [0.15, 0.2) is 0 Å². The normalized spacial score (nSPS) is 24.6. The Bertz CT molecular complexity index is 909. The zero-order chi connectivity index (χ0) is 19.2. The Hall–Kier alpha value is -2.02. The number of nitrogens with zero attached hydrogens (tertiary/aromatic N) is 4.